The summed E-state index contributed by atoms with van der Waals surface area (Å²) < 4.78 is 0. The highest BCUT2D eigenvalue weighted by atomic mass is 16.2. The third-order valence-electron chi connectivity index (χ3n) is 3.11. The zero-order chi connectivity index (χ0) is 13.2. The van der Waals surface area contributed by atoms with E-state index in [0.29, 0.717) is 13.0 Å². The van der Waals surface area contributed by atoms with Crippen LogP contribution in [0.15, 0.2) is 24.4 Å². The number of aromatic amines is 1. The lowest BCUT2D eigenvalue weighted by Crippen LogP contribution is -2.32. The van der Waals surface area contributed by atoms with E-state index in [-0.39, 0.29) is 5.91 Å². The zero-order valence-electron chi connectivity index (χ0n) is 10.7. The molecule has 5 nitrogen and oxygen atoms in total. The van der Waals surface area contributed by atoms with Crippen LogP contribution in [0.4, 0.5) is 5.69 Å². The van der Waals surface area contributed by atoms with Crippen molar-refractivity contribution in [2.75, 3.05) is 11.9 Å². The number of aromatic nitrogens is 2. The number of anilines is 1. The average molecular weight is 246 g/mol. The highest BCUT2D eigenvalue weighted by Crippen LogP contribution is 2.25. The Hall–Kier alpha value is -1.88. The lowest BCUT2D eigenvalue weighted by Gasteiger charge is -2.22. The normalized spacial score (nSPS) is 11.7. The number of para-hydroxylation sites is 1. The monoisotopic (exact) mass is 246 g/mol. The summed E-state index contributed by atoms with van der Waals surface area (Å²) in [6.07, 6.45) is 2.38. The van der Waals surface area contributed by atoms with Gasteiger partial charge in [0, 0.05) is 10.8 Å². The molecule has 4 N–H and O–H groups in total. The van der Waals surface area contributed by atoms with Crippen molar-refractivity contribution in [1.82, 2.24) is 10.2 Å². The molecule has 0 saturated heterocycles. The Labute approximate surface area is 106 Å². The minimum atomic E-state index is -0.475. The van der Waals surface area contributed by atoms with Crippen LogP contribution in [0.5, 0.6) is 0 Å². The first-order valence-corrected chi connectivity index (χ1v) is 5.98. The molecule has 1 aromatic heterocycles. The molecule has 96 valence electrons. The van der Waals surface area contributed by atoms with Gasteiger partial charge in [0.1, 0.15) is 0 Å². The second kappa shape index (κ2) is 4.78. The molecule has 18 heavy (non-hydrogen) atoms. The Morgan fingerprint density at radius 2 is 2.28 bits per heavy atom. The van der Waals surface area contributed by atoms with Crippen molar-refractivity contribution in [3.63, 3.8) is 0 Å². The second-order valence-corrected chi connectivity index (χ2v) is 5.02. The predicted molar refractivity (Wildman–Crippen MR) is 72.2 cm³/mol. The van der Waals surface area contributed by atoms with Crippen LogP contribution >= 0.6 is 0 Å². The molecular weight excluding hydrogens is 228 g/mol. The average Bonchev–Trinajstić information content (AvgIpc) is 2.78. The summed E-state index contributed by atoms with van der Waals surface area (Å²) in [6.45, 7) is 4.28. The number of nitrogens with two attached hydrogens (primary N) is 1. The molecule has 5 heteroatoms. The van der Waals surface area contributed by atoms with Crippen molar-refractivity contribution in [1.29, 1.82) is 0 Å². The Kier molecular flexibility index (Phi) is 3.34. The number of benzene rings is 1. The van der Waals surface area contributed by atoms with Gasteiger partial charge in [0.15, 0.2) is 0 Å². The number of nitrogens with one attached hydrogen (secondary N) is 2. The van der Waals surface area contributed by atoms with Gasteiger partial charge in [0.25, 0.3) is 0 Å². The third kappa shape index (κ3) is 2.36. The summed E-state index contributed by atoms with van der Waals surface area (Å²) in [5, 5.41) is 10.8. The SMILES string of the molecule is CC(C)(CCN)C(=O)Nc1cccc2cn[nH]c12. The summed E-state index contributed by atoms with van der Waals surface area (Å²) in [4.78, 5) is 12.2. The van der Waals surface area contributed by atoms with E-state index in [1.165, 1.54) is 0 Å². The first-order chi connectivity index (χ1) is 8.54. The van der Waals surface area contributed by atoms with Crippen molar-refractivity contribution >= 4 is 22.5 Å². The number of carbonyl (C=O) groups excluding carboxylic acids is 1. The van der Waals surface area contributed by atoms with Gasteiger partial charge in [0.05, 0.1) is 17.4 Å². The predicted octanol–water partition coefficient (Wildman–Crippen LogP) is 1.88. The van der Waals surface area contributed by atoms with Crippen molar-refractivity contribution in [2.24, 2.45) is 11.1 Å². The van der Waals surface area contributed by atoms with Gasteiger partial charge in [-0.05, 0) is 19.0 Å². The van der Waals surface area contributed by atoms with Gasteiger partial charge >= 0.3 is 0 Å². The Bertz CT molecular complexity index is 559. The second-order valence-electron chi connectivity index (χ2n) is 5.02. The first kappa shape index (κ1) is 12.6. The van der Waals surface area contributed by atoms with Crippen LogP contribution in [0.1, 0.15) is 20.3 Å². The largest absolute Gasteiger partial charge is 0.330 e. The van der Waals surface area contributed by atoms with Gasteiger partial charge in [-0.15, -0.1) is 0 Å². The highest BCUT2D eigenvalue weighted by molar-refractivity contribution is 6.02. The van der Waals surface area contributed by atoms with Crippen LogP contribution in [0.3, 0.4) is 0 Å². The van der Waals surface area contributed by atoms with E-state index in [1.807, 2.05) is 32.0 Å². The number of nitrogens with zero attached hydrogens (tertiary/aromatic N) is 1. The molecule has 0 fully saturated rings. The number of rotatable bonds is 4. The van der Waals surface area contributed by atoms with Crippen LogP contribution < -0.4 is 11.1 Å². The standard InChI is InChI=1S/C13H18N4O/c1-13(2,6-7-14)12(18)16-10-5-3-4-9-8-15-17-11(9)10/h3-5,8H,6-7,14H2,1-2H3,(H,15,17)(H,16,18). The highest BCUT2D eigenvalue weighted by Gasteiger charge is 2.27. The molecule has 0 aliphatic carbocycles. The molecule has 2 aromatic rings. The van der Waals surface area contributed by atoms with Crippen LogP contribution in [-0.4, -0.2) is 22.6 Å². The van der Waals surface area contributed by atoms with Gasteiger partial charge in [-0.3, -0.25) is 9.89 Å². The molecule has 1 heterocycles. The maximum absolute atomic E-state index is 12.2. The number of carbonyl (C=O) groups is 1. The Morgan fingerprint density at radius 3 is 3.00 bits per heavy atom. The zero-order valence-corrected chi connectivity index (χ0v) is 10.7. The van der Waals surface area contributed by atoms with E-state index < -0.39 is 5.41 Å². The van der Waals surface area contributed by atoms with Crippen molar-refractivity contribution in [3.05, 3.63) is 24.4 Å². The number of hydrogen-bond donors (Lipinski definition) is 3. The molecule has 1 amide bonds. The molecule has 0 aliphatic rings. The molecule has 0 bridgehead atoms. The minimum Gasteiger partial charge on any atom is -0.330 e. The molecule has 2 rings (SSSR count). The molecule has 0 radical (unpaired) electrons. The van der Waals surface area contributed by atoms with Gasteiger partial charge in [-0.2, -0.15) is 5.10 Å². The van der Waals surface area contributed by atoms with E-state index in [4.69, 9.17) is 5.73 Å². The van der Waals surface area contributed by atoms with Crippen LogP contribution in [0.25, 0.3) is 10.9 Å². The fraction of sp³-hybridized carbons (Fsp3) is 0.385. The summed E-state index contributed by atoms with van der Waals surface area (Å²) in [5.41, 5.74) is 6.64. The van der Waals surface area contributed by atoms with Crippen LogP contribution in [0.2, 0.25) is 0 Å². The lowest BCUT2D eigenvalue weighted by molar-refractivity contribution is -0.124. The molecule has 0 atom stereocenters. The maximum Gasteiger partial charge on any atom is 0.230 e. The van der Waals surface area contributed by atoms with Crippen molar-refractivity contribution in [3.8, 4) is 0 Å². The molecule has 0 spiro atoms. The van der Waals surface area contributed by atoms with Gasteiger partial charge in [-0.1, -0.05) is 26.0 Å². The van der Waals surface area contributed by atoms with Gasteiger partial charge in [0.2, 0.25) is 5.91 Å². The Balaban J connectivity index is 2.24. The number of fused-ring (bicyclic) bond motifs is 1. The fourth-order valence-electron chi connectivity index (χ4n) is 1.84. The van der Waals surface area contributed by atoms with Crippen LogP contribution in [-0.2, 0) is 4.79 Å². The topological polar surface area (TPSA) is 83.8 Å². The summed E-state index contributed by atoms with van der Waals surface area (Å²) in [7, 11) is 0. The van der Waals surface area contributed by atoms with Gasteiger partial charge in [-0.25, -0.2) is 0 Å². The first-order valence-electron chi connectivity index (χ1n) is 5.98. The Morgan fingerprint density at radius 1 is 1.50 bits per heavy atom. The summed E-state index contributed by atoms with van der Waals surface area (Å²) >= 11 is 0. The summed E-state index contributed by atoms with van der Waals surface area (Å²) in [6, 6.07) is 5.69. The lowest BCUT2D eigenvalue weighted by atomic mass is 9.88. The van der Waals surface area contributed by atoms with E-state index in [1.54, 1.807) is 6.20 Å². The smallest absolute Gasteiger partial charge is 0.230 e. The quantitative estimate of drug-likeness (QED) is 0.770. The fourth-order valence-corrected chi connectivity index (χ4v) is 1.84. The number of hydrogen-bond acceptors (Lipinski definition) is 3. The van der Waals surface area contributed by atoms with Crippen LogP contribution in [0, 0.1) is 5.41 Å². The summed E-state index contributed by atoms with van der Waals surface area (Å²) in [5.74, 6) is -0.0324. The van der Waals surface area contributed by atoms with E-state index in [2.05, 4.69) is 15.5 Å². The van der Waals surface area contributed by atoms with E-state index >= 15 is 0 Å². The molecular formula is C13H18N4O. The van der Waals surface area contributed by atoms with Crippen molar-refractivity contribution in [2.45, 2.75) is 20.3 Å². The van der Waals surface area contributed by atoms with Crippen molar-refractivity contribution < 1.29 is 4.79 Å². The molecule has 0 unspecified atom stereocenters. The molecule has 0 aliphatic heterocycles. The van der Waals surface area contributed by atoms with Gasteiger partial charge < -0.3 is 11.1 Å². The maximum atomic E-state index is 12.2. The number of amides is 1. The van der Waals surface area contributed by atoms with E-state index in [9.17, 15) is 4.79 Å². The van der Waals surface area contributed by atoms with E-state index in [0.717, 1.165) is 16.6 Å². The third-order valence-corrected chi connectivity index (χ3v) is 3.11. The molecule has 1 aromatic carbocycles. The minimum absolute atomic E-state index is 0.0324. The number of H-pyrrole nitrogens is 1. The molecule has 0 saturated carbocycles.